The quantitative estimate of drug-likeness (QED) is 0.210. The summed E-state index contributed by atoms with van der Waals surface area (Å²) in [4.78, 5) is 38.0. The van der Waals surface area contributed by atoms with Crippen LogP contribution in [-0.4, -0.2) is 88.2 Å². The van der Waals surface area contributed by atoms with E-state index in [1.807, 2.05) is 23.2 Å². The van der Waals surface area contributed by atoms with Gasteiger partial charge >= 0.3 is 6.03 Å². The Bertz CT molecular complexity index is 1560. The van der Waals surface area contributed by atoms with Crippen LogP contribution < -0.4 is 25.4 Å². The second kappa shape index (κ2) is 14.0. The summed E-state index contributed by atoms with van der Waals surface area (Å²) in [5, 5.41) is 9.62. The van der Waals surface area contributed by atoms with Gasteiger partial charge in [0.1, 0.15) is 46.6 Å². The molecule has 0 saturated carbocycles. The van der Waals surface area contributed by atoms with E-state index in [4.69, 9.17) is 21.1 Å². The molecule has 0 radical (unpaired) electrons. The van der Waals surface area contributed by atoms with E-state index in [1.54, 1.807) is 39.6 Å². The summed E-state index contributed by atoms with van der Waals surface area (Å²) in [6.07, 6.45) is 6.42. The molecule has 3 N–H and O–H groups in total. The van der Waals surface area contributed by atoms with Crippen LogP contribution in [0.1, 0.15) is 5.56 Å². The molecule has 224 valence electrons. The normalized spacial score (nSPS) is 13.4. The summed E-state index contributed by atoms with van der Waals surface area (Å²) in [7, 11) is 4.78. The molecule has 0 unspecified atom stereocenters. The van der Waals surface area contributed by atoms with Crippen LogP contribution in [0.4, 0.5) is 27.9 Å². The van der Waals surface area contributed by atoms with Crippen molar-refractivity contribution in [2.24, 2.45) is 0 Å². The highest BCUT2D eigenvalue weighted by Gasteiger charge is 2.21. The van der Waals surface area contributed by atoms with Gasteiger partial charge in [-0.25, -0.2) is 29.7 Å². The molecule has 0 spiro atoms. The lowest BCUT2D eigenvalue weighted by Gasteiger charge is -2.34. The van der Waals surface area contributed by atoms with Crippen LogP contribution in [0.3, 0.4) is 0 Å². The number of nitrogens with one attached hydrogen (secondary N) is 3. The van der Waals surface area contributed by atoms with Gasteiger partial charge in [-0.2, -0.15) is 0 Å². The van der Waals surface area contributed by atoms with Gasteiger partial charge in [-0.15, -0.1) is 0 Å². The van der Waals surface area contributed by atoms with Crippen LogP contribution in [0.5, 0.6) is 11.5 Å². The number of ether oxygens (including phenoxy) is 2. The van der Waals surface area contributed by atoms with E-state index in [0.29, 0.717) is 64.0 Å². The maximum Gasteiger partial charge on any atom is 0.317 e. The van der Waals surface area contributed by atoms with E-state index < -0.39 is 0 Å². The highest BCUT2D eigenvalue weighted by Crippen LogP contribution is 2.43. The Labute approximate surface area is 267 Å². The summed E-state index contributed by atoms with van der Waals surface area (Å²) in [5.41, 5.74) is 2.90. The number of halogens is 2. The highest BCUT2D eigenvalue weighted by atomic mass is 127. The number of aromatic nitrogens is 5. The van der Waals surface area contributed by atoms with Crippen molar-refractivity contribution in [2.75, 3.05) is 58.1 Å². The van der Waals surface area contributed by atoms with Gasteiger partial charge in [0.25, 0.3) is 0 Å². The summed E-state index contributed by atoms with van der Waals surface area (Å²) in [6.45, 7) is 3.79. The minimum absolute atomic E-state index is 0.0337. The van der Waals surface area contributed by atoms with Crippen LogP contribution >= 0.6 is 34.2 Å². The lowest BCUT2D eigenvalue weighted by Crippen LogP contribution is -2.50. The Morgan fingerprint density at radius 3 is 2.44 bits per heavy atom. The molecule has 4 aromatic rings. The molecule has 4 heterocycles. The molecule has 13 nitrogen and oxygen atoms in total. The Hall–Kier alpha value is -4.02. The predicted molar refractivity (Wildman–Crippen MR) is 172 cm³/mol. The number of rotatable bonds is 9. The number of nitrogens with zero attached hydrogens (tertiary/aromatic N) is 7. The second-order valence-corrected chi connectivity index (χ2v) is 10.9. The summed E-state index contributed by atoms with van der Waals surface area (Å²) >= 11 is 8.80. The zero-order valence-electron chi connectivity index (χ0n) is 23.8. The predicted octanol–water partition coefficient (Wildman–Crippen LogP) is 4.55. The molecule has 0 bridgehead atoms. The highest BCUT2D eigenvalue weighted by molar-refractivity contribution is 14.1. The first-order valence-electron chi connectivity index (χ1n) is 13.3. The van der Waals surface area contributed by atoms with Crippen LogP contribution in [0.15, 0.2) is 49.3 Å². The lowest BCUT2D eigenvalue weighted by molar-refractivity contribution is 0.136. The molecule has 2 amide bonds. The molecule has 1 aliphatic rings. The number of hydrogen-bond donors (Lipinski definition) is 3. The molecule has 3 aromatic heterocycles. The minimum Gasteiger partial charge on any atom is -0.495 e. The van der Waals surface area contributed by atoms with Gasteiger partial charge in [-0.3, -0.25) is 4.90 Å². The van der Waals surface area contributed by atoms with Crippen LogP contribution in [0.25, 0.3) is 11.3 Å². The van der Waals surface area contributed by atoms with Gasteiger partial charge in [-0.05, 0) is 34.2 Å². The molecule has 1 fully saturated rings. The van der Waals surface area contributed by atoms with Crippen LogP contribution in [0, 0.1) is 3.57 Å². The SMILES string of the molecule is CNC(=O)N1CCN(Cc2ccc(Nc3cc(-c4cncnc4Nc4c(Cl)c(OC)cc(OC)c4I)ncn3)nc2)CC1. The third-order valence-corrected chi connectivity index (χ3v) is 8.28. The standard InChI is InChI=1S/C28H30ClIN10O3/c1-31-28(41)40-8-6-39(7-9-40)14-17-4-5-22(33-12-17)37-23-10-19(34-16-35-23)18-13-32-15-36-27(18)38-26-24(29)20(42-2)11-21(43-3)25(26)30/h4-5,10-13,15-16H,6-9,14H2,1-3H3,(H,31,41)(H,32,36,38)(H,33,34,35,37). The average molecular weight is 717 g/mol. The number of benzene rings is 1. The number of methoxy groups -OCH3 is 2. The summed E-state index contributed by atoms with van der Waals surface area (Å²) in [6, 6.07) is 7.44. The van der Waals surface area contributed by atoms with Crippen molar-refractivity contribution in [1.29, 1.82) is 0 Å². The first-order valence-corrected chi connectivity index (χ1v) is 14.8. The number of carbonyl (C=O) groups is 1. The number of anilines is 4. The third-order valence-electron chi connectivity index (χ3n) is 6.83. The van der Waals surface area contributed by atoms with Crippen molar-refractivity contribution in [3.05, 3.63) is 63.5 Å². The minimum atomic E-state index is -0.0337. The molecule has 0 atom stereocenters. The molecular formula is C28H30ClIN10O3. The Morgan fingerprint density at radius 2 is 1.74 bits per heavy atom. The zero-order valence-corrected chi connectivity index (χ0v) is 26.7. The number of hydrogen-bond acceptors (Lipinski definition) is 11. The number of urea groups is 1. The molecule has 43 heavy (non-hydrogen) atoms. The smallest absolute Gasteiger partial charge is 0.317 e. The molecule has 1 saturated heterocycles. The van der Waals surface area contributed by atoms with Crippen LogP contribution in [0.2, 0.25) is 5.02 Å². The van der Waals surface area contributed by atoms with Gasteiger partial charge in [-0.1, -0.05) is 17.7 Å². The molecule has 1 aliphatic heterocycles. The lowest BCUT2D eigenvalue weighted by atomic mass is 10.2. The van der Waals surface area contributed by atoms with Crippen molar-refractivity contribution >= 4 is 63.4 Å². The molecule has 5 rings (SSSR count). The fourth-order valence-electron chi connectivity index (χ4n) is 4.55. The number of carbonyl (C=O) groups excluding carboxylic acids is 1. The van der Waals surface area contributed by atoms with E-state index in [-0.39, 0.29) is 6.03 Å². The molecule has 1 aromatic carbocycles. The number of amides is 2. The van der Waals surface area contributed by atoms with Gasteiger partial charge in [0, 0.05) is 64.3 Å². The van der Waals surface area contributed by atoms with Crippen molar-refractivity contribution in [3.8, 4) is 22.8 Å². The fourth-order valence-corrected chi connectivity index (χ4v) is 5.77. The zero-order chi connectivity index (χ0) is 30.3. The van der Waals surface area contributed by atoms with E-state index >= 15 is 0 Å². The average Bonchev–Trinajstić information content (AvgIpc) is 3.04. The monoisotopic (exact) mass is 716 g/mol. The fraction of sp³-hybridized carbons (Fsp3) is 0.286. The maximum atomic E-state index is 11.8. The number of piperazine rings is 1. The van der Waals surface area contributed by atoms with Crippen molar-refractivity contribution in [3.63, 3.8) is 0 Å². The third kappa shape index (κ3) is 7.14. The van der Waals surface area contributed by atoms with E-state index in [9.17, 15) is 4.79 Å². The van der Waals surface area contributed by atoms with Gasteiger partial charge in [0.15, 0.2) is 0 Å². The second-order valence-electron chi connectivity index (χ2n) is 9.48. The molecular weight excluding hydrogens is 687 g/mol. The first kappa shape index (κ1) is 30.4. The molecule has 15 heteroatoms. The molecule has 0 aliphatic carbocycles. The van der Waals surface area contributed by atoms with Crippen molar-refractivity contribution in [2.45, 2.75) is 6.54 Å². The summed E-state index contributed by atoms with van der Waals surface area (Å²) in [5.74, 6) is 2.77. The van der Waals surface area contributed by atoms with Crippen LogP contribution in [-0.2, 0) is 6.54 Å². The Morgan fingerprint density at radius 1 is 0.953 bits per heavy atom. The number of pyridine rings is 1. The largest absolute Gasteiger partial charge is 0.495 e. The summed E-state index contributed by atoms with van der Waals surface area (Å²) < 4.78 is 11.7. The van der Waals surface area contributed by atoms with Crippen molar-refractivity contribution < 1.29 is 14.3 Å². The van der Waals surface area contributed by atoms with E-state index in [2.05, 4.69) is 68.4 Å². The van der Waals surface area contributed by atoms with Gasteiger partial charge < -0.3 is 30.3 Å². The Balaban J connectivity index is 1.29. The van der Waals surface area contributed by atoms with E-state index in [0.717, 1.165) is 28.8 Å². The topological polar surface area (TPSA) is 143 Å². The van der Waals surface area contributed by atoms with E-state index in [1.165, 1.54) is 12.7 Å². The van der Waals surface area contributed by atoms with Crippen molar-refractivity contribution in [1.82, 2.24) is 40.0 Å². The van der Waals surface area contributed by atoms with Gasteiger partial charge in [0.2, 0.25) is 0 Å². The first-order chi connectivity index (χ1) is 20.9. The maximum absolute atomic E-state index is 11.8. The van der Waals surface area contributed by atoms with Gasteiger partial charge in [0.05, 0.1) is 34.7 Å². The Kier molecular flexibility index (Phi) is 9.89.